The van der Waals surface area contributed by atoms with Crippen molar-refractivity contribution in [3.63, 3.8) is 0 Å². The molecular formula is C18H21FN6O. The quantitative estimate of drug-likeness (QED) is 0.701. The van der Waals surface area contributed by atoms with Gasteiger partial charge in [0.05, 0.1) is 18.4 Å². The average Bonchev–Trinajstić information content (AvgIpc) is 3.23. The number of nitrogens with zero attached hydrogens (tertiary/aromatic N) is 6. The Kier molecular flexibility index (Phi) is 4.66. The Bertz CT molecular complexity index is 876. The van der Waals surface area contributed by atoms with Crippen molar-refractivity contribution in [1.29, 1.82) is 0 Å². The van der Waals surface area contributed by atoms with Crippen LogP contribution in [-0.4, -0.2) is 42.1 Å². The number of aromatic nitrogens is 5. The molecule has 1 unspecified atom stereocenters. The van der Waals surface area contributed by atoms with Gasteiger partial charge in [0.2, 0.25) is 0 Å². The zero-order valence-corrected chi connectivity index (χ0v) is 14.6. The fraction of sp³-hybridized carbons (Fsp3) is 0.389. The summed E-state index contributed by atoms with van der Waals surface area (Å²) in [5.41, 5.74) is 2.25. The Morgan fingerprint density at radius 2 is 2.15 bits per heavy atom. The molecule has 1 aliphatic heterocycles. The van der Waals surface area contributed by atoms with E-state index in [-0.39, 0.29) is 12.0 Å². The van der Waals surface area contributed by atoms with E-state index in [4.69, 9.17) is 4.74 Å². The van der Waals surface area contributed by atoms with Crippen LogP contribution in [0.4, 0.5) is 4.39 Å². The van der Waals surface area contributed by atoms with Gasteiger partial charge in [0.15, 0.2) is 5.82 Å². The van der Waals surface area contributed by atoms with Gasteiger partial charge in [-0.1, -0.05) is 0 Å². The Morgan fingerprint density at radius 1 is 1.23 bits per heavy atom. The Morgan fingerprint density at radius 3 is 2.96 bits per heavy atom. The highest BCUT2D eigenvalue weighted by Crippen LogP contribution is 2.19. The van der Waals surface area contributed by atoms with Crippen molar-refractivity contribution in [2.75, 3.05) is 6.54 Å². The van der Waals surface area contributed by atoms with Crippen molar-refractivity contribution < 1.29 is 9.13 Å². The molecule has 0 N–H and O–H groups in total. The zero-order chi connectivity index (χ0) is 17.9. The maximum atomic E-state index is 13.9. The van der Waals surface area contributed by atoms with Gasteiger partial charge in [-0.15, -0.1) is 0 Å². The number of hydrogen-bond acceptors (Lipinski definition) is 5. The lowest BCUT2D eigenvalue weighted by Crippen LogP contribution is -2.35. The standard InChI is InChI=1S/C18H21FN6O/c1-2-24-10-14(8-22-24)9-23-11-15-5-7-21-25(15)13-16(12-23)26-18-17(19)4-3-6-20-18/h3-8,10,16H,2,9,11-13H2,1H3. The fourth-order valence-corrected chi connectivity index (χ4v) is 3.22. The molecule has 7 nitrogen and oxygen atoms in total. The predicted octanol–water partition coefficient (Wildman–Crippen LogP) is 2.10. The van der Waals surface area contributed by atoms with E-state index in [1.54, 1.807) is 12.3 Å². The highest BCUT2D eigenvalue weighted by atomic mass is 19.1. The monoisotopic (exact) mass is 356 g/mol. The first-order valence-corrected chi connectivity index (χ1v) is 8.73. The number of halogens is 1. The predicted molar refractivity (Wildman–Crippen MR) is 92.9 cm³/mol. The van der Waals surface area contributed by atoms with Gasteiger partial charge in [0.25, 0.3) is 5.88 Å². The molecule has 0 spiro atoms. The minimum atomic E-state index is -0.451. The van der Waals surface area contributed by atoms with E-state index >= 15 is 0 Å². The second-order valence-corrected chi connectivity index (χ2v) is 6.41. The molecule has 136 valence electrons. The first-order valence-electron chi connectivity index (χ1n) is 8.73. The fourth-order valence-electron chi connectivity index (χ4n) is 3.22. The number of aryl methyl sites for hydroxylation is 1. The third-order valence-electron chi connectivity index (χ3n) is 4.45. The lowest BCUT2D eigenvalue weighted by molar-refractivity contribution is 0.113. The van der Waals surface area contributed by atoms with E-state index in [0.29, 0.717) is 13.1 Å². The lowest BCUT2D eigenvalue weighted by atomic mass is 10.2. The molecule has 1 atom stereocenters. The molecule has 0 aromatic carbocycles. The molecule has 0 radical (unpaired) electrons. The van der Waals surface area contributed by atoms with Crippen molar-refractivity contribution in [2.45, 2.75) is 39.2 Å². The van der Waals surface area contributed by atoms with Crippen LogP contribution in [0.3, 0.4) is 0 Å². The first kappa shape index (κ1) is 16.7. The number of hydrogen-bond donors (Lipinski definition) is 0. The van der Waals surface area contributed by atoms with Gasteiger partial charge >= 0.3 is 0 Å². The second-order valence-electron chi connectivity index (χ2n) is 6.41. The molecule has 0 fully saturated rings. The third kappa shape index (κ3) is 3.60. The topological polar surface area (TPSA) is 61.0 Å². The van der Waals surface area contributed by atoms with E-state index in [0.717, 1.165) is 30.9 Å². The summed E-state index contributed by atoms with van der Waals surface area (Å²) in [5, 5.41) is 8.71. The molecular weight excluding hydrogens is 335 g/mol. The number of fused-ring (bicyclic) bond motifs is 1. The molecule has 0 aliphatic carbocycles. The van der Waals surface area contributed by atoms with Crippen molar-refractivity contribution in [2.24, 2.45) is 0 Å². The Labute approximate surface area is 151 Å². The number of rotatable bonds is 5. The van der Waals surface area contributed by atoms with Crippen LogP contribution in [0.1, 0.15) is 18.2 Å². The highest BCUT2D eigenvalue weighted by molar-refractivity contribution is 5.14. The molecule has 0 amide bonds. The maximum Gasteiger partial charge on any atom is 0.250 e. The Balaban J connectivity index is 1.54. The first-order chi connectivity index (χ1) is 12.7. The lowest BCUT2D eigenvalue weighted by Gasteiger charge is -2.23. The number of ether oxygens (including phenoxy) is 1. The summed E-state index contributed by atoms with van der Waals surface area (Å²) in [4.78, 5) is 6.28. The van der Waals surface area contributed by atoms with Gasteiger partial charge in [-0.25, -0.2) is 9.37 Å². The smallest absolute Gasteiger partial charge is 0.250 e. The molecule has 26 heavy (non-hydrogen) atoms. The molecule has 1 aliphatic rings. The van der Waals surface area contributed by atoms with E-state index in [9.17, 15) is 4.39 Å². The van der Waals surface area contributed by atoms with Crippen molar-refractivity contribution in [1.82, 2.24) is 29.4 Å². The van der Waals surface area contributed by atoms with Gasteiger partial charge in [-0.2, -0.15) is 10.2 Å². The third-order valence-corrected chi connectivity index (χ3v) is 4.45. The molecule has 4 heterocycles. The molecule has 4 rings (SSSR count). The number of pyridine rings is 1. The van der Waals surface area contributed by atoms with Crippen molar-refractivity contribution >= 4 is 0 Å². The summed E-state index contributed by atoms with van der Waals surface area (Å²) in [5.74, 6) is -0.417. The van der Waals surface area contributed by atoms with E-state index in [2.05, 4.69) is 33.2 Å². The molecule has 0 bridgehead atoms. The van der Waals surface area contributed by atoms with Gasteiger partial charge in [-0.05, 0) is 25.1 Å². The summed E-state index contributed by atoms with van der Waals surface area (Å²) < 4.78 is 23.6. The molecule has 3 aromatic heterocycles. The Hall–Kier alpha value is -2.74. The minimum Gasteiger partial charge on any atom is -0.469 e. The summed E-state index contributed by atoms with van der Waals surface area (Å²) >= 11 is 0. The second kappa shape index (κ2) is 7.25. The molecule has 0 saturated carbocycles. The van der Waals surface area contributed by atoms with Crippen LogP contribution < -0.4 is 4.74 Å². The van der Waals surface area contributed by atoms with E-state index in [1.807, 2.05) is 21.6 Å². The highest BCUT2D eigenvalue weighted by Gasteiger charge is 2.25. The summed E-state index contributed by atoms with van der Waals surface area (Å²) in [7, 11) is 0. The molecule has 8 heteroatoms. The average molecular weight is 356 g/mol. The van der Waals surface area contributed by atoms with Gasteiger partial charge in [0.1, 0.15) is 6.10 Å². The van der Waals surface area contributed by atoms with Crippen molar-refractivity contribution in [3.8, 4) is 5.88 Å². The van der Waals surface area contributed by atoms with Gasteiger partial charge < -0.3 is 4.74 Å². The van der Waals surface area contributed by atoms with Gasteiger partial charge in [0, 0.05) is 50.3 Å². The normalized spacial score (nSPS) is 17.7. The zero-order valence-electron chi connectivity index (χ0n) is 14.6. The summed E-state index contributed by atoms with van der Waals surface area (Å²) in [6.45, 7) is 5.61. The van der Waals surface area contributed by atoms with Gasteiger partial charge in [-0.3, -0.25) is 14.3 Å². The molecule has 0 saturated heterocycles. The minimum absolute atomic E-state index is 0.0341. The summed E-state index contributed by atoms with van der Waals surface area (Å²) in [6, 6.07) is 4.92. The molecule has 3 aromatic rings. The van der Waals surface area contributed by atoms with Crippen LogP contribution >= 0.6 is 0 Å². The van der Waals surface area contributed by atoms with Crippen molar-refractivity contribution in [3.05, 3.63) is 60.1 Å². The van der Waals surface area contributed by atoms with Crippen LogP contribution in [0.15, 0.2) is 43.0 Å². The van der Waals surface area contributed by atoms with Crippen LogP contribution in [0.5, 0.6) is 5.88 Å². The van der Waals surface area contributed by atoms with Crippen LogP contribution in [0, 0.1) is 5.82 Å². The maximum absolute atomic E-state index is 13.9. The SMILES string of the molecule is CCn1cc(CN2Cc3ccnn3CC(Oc3ncccc3F)C2)cn1. The van der Waals surface area contributed by atoms with E-state index < -0.39 is 5.82 Å². The van der Waals surface area contributed by atoms with Crippen LogP contribution in [0.2, 0.25) is 0 Å². The van der Waals surface area contributed by atoms with Crippen LogP contribution in [0.25, 0.3) is 0 Å². The van der Waals surface area contributed by atoms with E-state index in [1.165, 1.54) is 12.3 Å². The van der Waals surface area contributed by atoms with Crippen LogP contribution in [-0.2, 0) is 26.2 Å². The summed E-state index contributed by atoms with van der Waals surface area (Å²) in [6.07, 6.45) is 7.01. The largest absolute Gasteiger partial charge is 0.469 e.